The Hall–Kier alpha value is -3.42. The second-order valence-corrected chi connectivity index (χ2v) is 6.62. The lowest BCUT2D eigenvalue weighted by atomic mass is 10.1. The molecule has 8 heteroatoms. The topological polar surface area (TPSA) is 82.3 Å². The van der Waals surface area contributed by atoms with Crippen molar-refractivity contribution in [3.8, 4) is 5.75 Å². The number of nitrogens with one attached hydrogen (secondary N) is 1. The number of methoxy groups -OCH3 is 1. The van der Waals surface area contributed by atoms with Crippen molar-refractivity contribution in [2.45, 2.75) is 33.0 Å². The van der Waals surface area contributed by atoms with Crippen molar-refractivity contribution in [3.05, 3.63) is 74.7 Å². The highest BCUT2D eigenvalue weighted by atomic mass is 19.1. The van der Waals surface area contributed by atoms with Crippen LogP contribution in [0.2, 0.25) is 0 Å². The van der Waals surface area contributed by atoms with Gasteiger partial charge in [0.25, 0.3) is 5.56 Å². The minimum absolute atomic E-state index is 0.118. The van der Waals surface area contributed by atoms with Crippen LogP contribution < -0.4 is 21.3 Å². The fourth-order valence-electron chi connectivity index (χ4n) is 3.27. The molecule has 3 aromatic rings. The molecular weight excluding hydrogens is 377 g/mol. The third-order valence-electron chi connectivity index (χ3n) is 4.80. The van der Waals surface area contributed by atoms with E-state index in [1.54, 1.807) is 44.2 Å². The molecule has 152 valence electrons. The summed E-state index contributed by atoms with van der Waals surface area (Å²) >= 11 is 0. The Bertz CT molecular complexity index is 1180. The molecule has 1 heterocycles. The zero-order chi connectivity index (χ0) is 21.1. The predicted molar refractivity (Wildman–Crippen MR) is 108 cm³/mol. The number of ether oxygens (including phenoxy) is 1. The number of amides is 1. The van der Waals surface area contributed by atoms with Crippen molar-refractivity contribution < 1.29 is 13.9 Å². The van der Waals surface area contributed by atoms with E-state index < -0.39 is 23.5 Å². The summed E-state index contributed by atoms with van der Waals surface area (Å²) in [6.45, 7) is 3.35. The molecule has 2 aromatic carbocycles. The molecule has 0 bridgehead atoms. The molecule has 0 fully saturated rings. The summed E-state index contributed by atoms with van der Waals surface area (Å²) < 4.78 is 21.2. The molecule has 1 N–H and O–H groups in total. The van der Waals surface area contributed by atoms with Crippen molar-refractivity contribution in [2.24, 2.45) is 0 Å². The van der Waals surface area contributed by atoms with Crippen LogP contribution in [0, 0.1) is 5.82 Å². The van der Waals surface area contributed by atoms with Crippen LogP contribution in [0.1, 0.15) is 25.5 Å². The number of benzene rings is 2. The van der Waals surface area contributed by atoms with Gasteiger partial charge < -0.3 is 10.1 Å². The van der Waals surface area contributed by atoms with Crippen LogP contribution in [0.15, 0.2) is 52.1 Å². The Kier molecular flexibility index (Phi) is 5.81. The summed E-state index contributed by atoms with van der Waals surface area (Å²) in [4.78, 5) is 37.8. The molecule has 1 aromatic heterocycles. The number of nitrogens with zero attached hydrogens (tertiary/aromatic N) is 2. The standard InChI is InChI=1S/C21H22FN3O4/c1-4-24-20(27)15-7-5-6-8-17(15)25(21(24)28)12-19(26)23-13(2)14-9-10-18(29-3)16(22)11-14/h5-11,13H,4,12H2,1-3H3,(H,23,26)/t13-/m0/s1. The maximum Gasteiger partial charge on any atom is 0.331 e. The number of fused-ring (bicyclic) bond motifs is 1. The second kappa shape index (κ2) is 8.30. The van der Waals surface area contributed by atoms with E-state index in [-0.39, 0.29) is 24.4 Å². The maximum atomic E-state index is 13.9. The highest BCUT2D eigenvalue weighted by Gasteiger charge is 2.17. The Balaban J connectivity index is 1.89. The maximum absolute atomic E-state index is 13.9. The zero-order valence-electron chi connectivity index (χ0n) is 16.4. The van der Waals surface area contributed by atoms with E-state index >= 15 is 0 Å². The van der Waals surface area contributed by atoms with E-state index in [2.05, 4.69) is 5.32 Å². The Morgan fingerprint density at radius 1 is 1.17 bits per heavy atom. The summed E-state index contributed by atoms with van der Waals surface area (Å²) in [7, 11) is 1.38. The number of hydrogen-bond acceptors (Lipinski definition) is 4. The van der Waals surface area contributed by atoms with Crippen molar-refractivity contribution in [1.29, 1.82) is 0 Å². The van der Waals surface area contributed by atoms with E-state index in [1.807, 2.05) is 0 Å². The highest BCUT2D eigenvalue weighted by molar-refractivity contribution is 5.81. The number of carbonyl (C=O) groups is 1. The van der Waals surface area contributed by atoms with Gasteiger partial charge in [-0.25, -0.2) is 9.18 Å². The number of halogens is 1. The van der Waals surface area contributed by atoms with Gasteiger partial charge in [-0.2, -0.15) is 0 Å². The van der Waals surface area contributed by atoms with Crippen molar-refractivity contribution in [2.75, 3.05) is 7.11 Å². The molecule has 29 heavy (non-hydrogen) atoms. The van der Waals surface area contributed by atoms with Gasteiger partial charge in [0.15, 0.2) is 11.6 Å². The van der Waals surface area contributed by atoms with Gasteiger partial charge >= 0.3 is 5.69 Å². The number of carbonyl (C=O) groups excluding carboxylic acids is 1. The predicted octanol–water partition coefficient (Wildman–Crippen LogP) is 2.21. The van der Waals surface area contributed by atoms with Crippen LogP contribution in [0.5, 0.6) is 5.75 Å². The van der Waals surface area contributed by atoms with E-state index in [1.165, 1.54) is 23.8 Å². The Morgan fingerprint density at radius 3 is 2.55 bits per heavy atom. The second-order valence-electron chi connectivity index (χ2n) is 6.62. The van der Waals surface area contributed by atoms with Gasteiger partial charge in [0.1, 0.15) is 6.54 Å². The summed E-state index contributed by atoms with van der Waals surface area (Å²) in [6.07, 6.45) is 0. The van der Waals surface area contributed by atoms with Crippen LogP contribution in [-0.4, -0.2) is 22.2 Å². The average molecular weight is 399 g/mol. The molecule has 3 rings (SSSR count). The van der Waals surface area contributed by atoms with Crippen LogP contribution >= 0.6 is 0 Å². The Morgan fingerprint density at radius 2 is 1.90 bits per heavy atom. The minimum Gasteiger partial charge on any atom is -0.494 e. The first-order chi connectivity index (χ1) is 13.9. The number of aromatic nitrogens is 2. The summed E-state index contributed by atoms with van der Waals surface area (Å²) in [5.74, 6) is -0.835. The van der Waals surface area contributed by atoms with Gasteiger partial charge in [-0.05, 0) is 43.7 Å². The molecule has 0 unspecified atom stereocenters. The van der Waals surface area contributed by atoms with E-state index in [9.17, 15) is 18.8 Å². The van der Waals surface area contributed by atoms with Crippen molar-refractivity contribution >= 4 is 16.8 Å². The van der Waals surface area contributed by atoms with Gasteiger partial charge in [0.05, 0.1) is 24.1 Å². The number of para-hydroxylation sites is 1. The lowest BCUT2D eigenvalue weighted by molar-refractivity contribution is -0.122. The van der Waals surface area contributed by atoms with Gasteiger partial charge in [-0.3, -0.25) is 18.7 Å². The zero-order valence-corrected chi connectivity index (χ0v) is 16.4. The molecule has 0 radical (unpaired) electrons. The van der Waals surface area contributed by atoms with Gasteiger partial charge in [-0.1, -0.05) is 18.2 Å². The molecule has 0 aliphatic carbocycles. The molecule has 1 atom stereocenters. The lowest BCUT2D eigenvalue weighted by Gasteiger charge is -2.17. The molecule has 0 saturated heterocycles. The smallest absolute Gasteiger partial charge is 0.331 e. The highest BCUT2D eigenvalue weighted by Crippen LogP contribution is 2.21. The monoisotopic (exact) mass is 399 g/mol. The van der Waals surface area contributed by atoms with Crippen LogP contribution in [0.4, 0.5) is 4.39 Å². The average Bonchev–Trinajstić information content (AvgIpc) is 2.71. The van der Waals surface area contributed by atoms with E-state index in [0.717, 1.165) is 4.57 Å². The summed E-state index contributed by atoms with van der Waals surface area (Å²) in [5.41, 5.74) is 0.0270. The SMILES string of the molecule is CCn1c(=O)c2ccccc2n(CC(=O)N[C@@H](C)c2ccc(OC)c(F)c2)c1=O. The molecule has 1 amide bonds. The number of hydrogen-bond donors (Lipinski definition) is 1. The molecule has 0 aliphatic heterocycles. The minimum atomic E-state index is -0.547. The third-order valence-corrected chi connectivity index (χ3v) is 4.80. The van der Waals surface area contributed by atoms with Crippen molar-refractivity contribution in [3.63, 3.8) is 0 Å². The first-order valence-corrected chi connectivity index (χ1v) is 9.22. The molecular formula is C21H22FN3O4. The van der Waals surface area contributed by atoms with E-state index in [0.29, 0.717) is 16.5 Å². The van der Waals surface area contributed by atoms with Crippen LogP contribution in [0.25, 0.3) is 10.9 Å². The van der Waals surface area contributed by atoms with Gasteiger partial charge in [-0.15, -0.1) is 0 Å². The Labute approximate surface area is 166 Å². The van der Waals surface area contributed by atoms with Gasteiger partial charge in [0, 0.05) is 6.54 Å². The van der Waals surface area contributed by atoms with Crippen LogP contribution in [0.3, 0.4) is 0 Å². The quantitative estimate of drug-likeness (QED) is 0.689. The first kappa shape index (κ1) is 20.3. The molecule has 7 nitrogen and oxygen atoms in total. The normalized spacial score (nSPS) is 12.0. The summed E-state index contributed by atoms with van der Waals surface area (Å²) in [6, 6.07) is 10.6. The lowest BCUT2D eigenvalue weighted by Crippen LogP contribution is -2.42. The van der Waals surface area contributed by atoms with Gasteiger partial charge in [0.2, 0.25) is 5.91 Å². The third kappa shape index (κ3) is 3.91. The largest absolute Gasteiger partial charge is 0.494 e. The van der Waals surface area contributed by atoms with Crippen LogP contribution in [-0.2, 0) is 17.9 Å². The molecule has 0 saturated carbocycles. The molecule has 0 spiro atoms. The first-order valence-electron chi connectivity index (χ1n) is 9.22. The van der Waals surface area contributed by atoms with E-state index in [4.69, 9.17) is 4.74 Å². The van der Waals surface area contributed by atoms with Crippen molar-refractivity contribution in [1.82, 2.24) is 14.5 Å². The summed E-state index contributed by atoms with van der Waals surface area (Å²) in [5, 5.41) is 3.13. The fraction of sp³-hybridized carbons (Fsp3) is 0.286. The molecule has 0 aliphatic rings. The fourth-order valence-corrected chi connectivity index (χ4v) is 3.27. The number of rotatable bonds is 6.